The van der Waals surface area contributed by atoms with Crippen molar-refractivity contribution in [1.29, 1.82) is 0 Å². The number of ether oxygens (including phenoxy) is 2. The van der Waals surface area contributed by atoms with E-state index >= 15 is 0 Å². The fraction of sp³-hybridized carbons (Fsp3) is 0.667. The van der Waals surface area contributed by atoms with Crippen LogP contribution in [0.2, 0.25) is 0 Å². The maximum Gasteiger partial charge on any atom is 0.330 e. The highest BCUT2D eigenvalue weighted by atomic mass is 16.5. The van der Waals surface area contributed by atoms with Gasteiger partial charge in [0.05, 0.1) is 25.0 Å². The quantitative estimate of drug-likeness (QED) is 0.652. The largest absolute Gasteiger partial charge is 0.484 e. The van der Waals surface area contributed by atoms with Gasteiger partial charge in [-0.05, 0) is 13.8 Å². The minimum absolute atomic E-state index is 0.00476. The van der Waals surface area contributed by atoms with E-state index in [1.165, 1.54) is 6.20 Å². The smallest absolute Gasteiger partial charge is 0.330 e. The van der Waals surface area contributed by atoms with Crippen LogP contribution in [0.1, 0.15) is 26.5 Å². The Morgan fingerprint density at radius 2 is 2.25 bits per heavy atom. The number of aliphatic hydroxyl groups excluding tert-OH is 2. The standard InChI is InChI=1S/C12H18N2O6/c1-6(2)19-8-4-14(12(18)13-11(8)17)10-3-7(16)9(5-15)20-10/h4,6-7,9-10,15-16H,3,5H2,1-2H3,(H,13,17,18)/t7-,9+,10+/m0/s1. The summed E-state index contributed by atoms with van der Waals surface area (Å²) in [5, 5.41) is 18.7. The number of aromatic nitrogens is 2. The van der Waals surface area contributed by atoms with Crippen LogP contribution in [-0.2, 0) is 4.74 Å². The van der Waals surface area contributed by atoms with Crippen LogP contribution in [0.5, 0.6) is 5.75 Å². The molecule has 1 aromatic heterocycles. The second kappa shape index (κ2) is 5.78. The molecule has 1 aromatic rings. The summed E-state index contributed by atoms with van der Waals surface area (Å²) < 4.78 is 11.8. The molecule has 0 amide bonds. The van der Waals surface area contributed by atoms with Gasteiger partial charge in [-0.3, -0.25) is 14.3 Å². The van der Waals surface area contributed by atoms with Gasteiger partial charge in [0.1, 0.15) is 12.3 Å². The molecule has 1 aliphatic rings. The molecule has 3 N–H and O–H groups in total. The minimum Gasteiger partial charge on any atom is -0.484 e. The average molecular weight is 286 g/mol. The summed E-state index contributed by atoms with van der Waals surface area (Å²) in [5.41, 5.74) is -1.26. The lowest BCUT2D eigenvalue weighted by Crippen LogP contribution is -2.33. The molecule has 0 bridgehead atoms. The van der Waals surface area contributed by atoms with E-state index in [1.54, 1.807) is 13.8 Å². The number of aliphatic hydroxyl groups is 2. The molecule has 1 saturated heterocycles. The zero-order valence-corrected chi connectivity index (χ0v) is 11.3. The van der Waals surface area contributed by atoms with Crippen LogP contribution in [0.4, 0.5) is 0 Å². The first-order valence-electron chi connectivity index (χ1n) is 6.39. The molecular formula is C12H18N2O6. The average Bonchev–Trinajstić information content (AvgIpc) is 2.73. The molecule has 20 heavy (non-hydrogen) atoms. The van der Waals surface area contributed by atoms with Crippen LogP contribution in [0, 0.1) is 0 Å². The molecule has 112 valence electrons. The highest BCUT2D eigenvalue weighted by Gasteiger charge is 2.35. The molecule has 3 atom stereocenters. The monoisotopic (exact) mass is 286 g/mol. The summed E-state index contributed by atoms with van der Waals surface area (Å²) in [6.45, 7) is 3.17. The third-order valence-corrected chi connectivity index (χ3v) is 2.99. The van der Waals surface area contributed by atoms with Gasteiger partial charge in [0.2, 0.25) is 5.75 Å². The predicted octanol–water partition coefficient (Wildman–Crippen LogP) is -1.04. The summed E-state index contributed by atoms with van der Waals surface area (Å²) in [6.07, 6.45) is -1.16. The Hall–Kier alpha value is -1.64. The maximum atomic E-state index is 11.8. The van der Waals surface area contributed by atoms with E-state index in [9.17, 15) is 14.7 Å². The molecule has 8 nitrogen and oxygen atoms in total. The molecule has 0 aliphatic carbocycles. The Balaban J connectivity index is 2.33. The molecule has 0 spiro atoms. The first-order chi connectivity index (χ1) is 9.42. The van der Waals surface area contributed by atoms with E-state index in [4.69, 9.17) is 14.6 Å². The highest BCUT2D eigenvalue weighted by molar-refractivity contribution is 5.13. The second-order valence-electron chi connectivity index (χ2n) is 4.94. The number of aromatic amines is 1. The fourth-order valence-electron chi connectivity index (χ4n) is 2.07. The molecule has 1 fully saturated rings. The summed E-state index contributed by atoms with van der Waals surface area (Å²) >= 11 is 0. The SMILES string of the molecule is CC(C)Oc1cn([C@H]2C[C@H](O)[C@@H](CO)O2)c(=O)[nH]c1=O. The van der Waals surface area contributed by atoms with Gasteiger partial charge in [0.15, 0.2) is 0 Å². The van der Waals surface area contributed by atoms with Gasteiger partial charge < -0.3 is 19.7 Å². The van der Waals surface area contributed by atoms with Crippen LogP contribution >= 0.6 is 0 Å². The normalized spacial score (nSPS) is 26.1. The fourth-order valence-corrected chi connectivity index (χ4v) is 2.07. The summed E-state index contributed by atoms with van der Waals surface area (Å²) in [6, 6.07) is 0. The zero-order valence-electron chi connectivity index (χ0n) is 11.3. The topological polar surface area (TPSA) is 114 Å². The third-order valence-electron chi connectivity index (χ3n) is 2.99. The maximum absolute atomic E-state index is 11.8. The molecule has 2 rings (SSSR count). The molecule has 0 radical (unpaired) electrons. The van der Waals surface area contributed by atoms with Gasteiger partial charge in [-0.15, -0.1) is 0 Å². The third kappa shape index (κ3) is 2.92. The van der Waals surface area contributed by atoms with Crippen LogP contribution in [0.15, 0.2) is 15.8 Å². The molecule has 0 aromatic carbocycles. The summed E-state index contributed by atoms with van der Waals surface area (Å²) in [7, 11) is 0. The van der Waals surface area contributed by atoms with Crippen LogP contribution in [0.3, 0.4) is 0 Å². The van der Waals surface area contributed by atoms with Gasteiger partial charge in [0, 0.05) is 6.42 Å². The lowest BCUT2D eigenvalue weighted by Gasteiger charge is -2.16. The number of nitrogens with one attached hydrogen (secondary N) is 1. The van der Waals surface area contributed by atoms with Crippen molar-refractivity contribution < 1.29 is 19.7 Å². The van der Waals surface area contributed by atoms with Gasteiger partial charge >= 0.3 is 5.69 Å². The first kappa shape index (κ1) is 14.8. The Morgan fingerprint density at radius 1 is 1.55 bits per heavy atom. The Labute approximate surface area is 114 Å². The molecular weight excluding hydrogens is 268 g/mol. The van der Waals surface area contributed by atoms with Gasteiger partial charge in [-0.2, -0.15) is 0 Å². The highest BCUT2D eigenvalue weighted by Crippen LogP contribution is 2.27. The van der Waals surface area contributed by atoms with Crippen LogP contribution in [0.25, 0.3) is 0 Å². The van der Waals surface area contributed by atoms with Crippen molar-refractivity contribution in [2.75, 3.05) is 6.61 Å². The Kier molecular flexibility index (Phi) is 4.26. The van der Waals surface area contributed by atoms with Gasteiger partial charge in [0.25, 0.3) is 5.56 Å². The Morgan fingerprint density at radius 3 is 2.80 bits per heavy atom. The predicted molar refractivity (Wildman–Crippen MR) is 68.7 cm³/mol. The van der Waals surface area contributed by atoms with Crippen molar-refractivity contribution >= 4 is 0 Å². The molecule has 8 heteroatoms. The van der Waals surface area contributed by atoms with E-state index in [2.05, 4.69) is 4.98 Å². The van der Waals surface area contributed by atoms with Crippen molar-refractivity contribution in [2.24, 2.45) is 0 Å². The number of nitrogens with zero attached hydrogens (tertiary/aromatic N) is 1. The van der Waals surface area contributed by atoms with E-state index in [-0.39, 0.29) is 24.9 Å². The zero-order chi connectivity index (χ0) is 14.9. The van der Waals surface area contributed by atoms with Gasteiger partial charge in [-0.1, -0.05) is 0 Å². The molecule has 2 heterocycles. The summed E-state index contributed by atoms with van der Waals surface area (Å²) in [5.74, 6) is 0.00476. The van der Waals surface area contributed by atoms with Crippen molar-refractivity contribution in [3.8, 4) is 5.75 Å². The molecule has 0 unspecified atom stereocenters. The number of hydrogen-bond acceptors (Lipinski definition) is 6. The van der Waals surface area contributed by atoms with E-state index in [0.717, 1.165) is 4.57 Å². The van der Waals surface area contributed by atoms with Crippen molar-refractivity contribution in [1.82, 2.24) is 9.55 Å². The number of hydrogen-bond donors (Lipinski definition) is 3. The Bertz CT molecular complexity index is 578. The molecule has 1 aliphatic heterocycles. The summed E-state index contributed by atoms with van der Waals surface area (Å²) in [4.78, 5) is 25.5. The van der Waals surface area contributed by atoms with E-state index in [0.29, 0.717) is 0 Å². The lowest BCUT2D eigenvalue weighted by molar-refractivity contribution is -0.0461. The van der Waals surface area contributed by atoms with Crippen molar-refractivity contribution in [2.45, 2.75) is 44.8 Å². The van der Waals surface area contributed by atoms with Crippen LogP contribution in [-0.4, -0.2) is 44.7 Å². The van der Waals surface area contributed by atoms with E-state index in [1.807, 2.05) is 0 Å². The number of rotatable bonds is 4. The lowest BCUT2D eigenvalue weighted by atomic mass is 10.2. The van der Waals surface area contributed by atoms with Crippen molar-refractivity contribution in [3.63, 3.8) is 0 Å². The van der Waals surface area contributed by atoms with Crippen molar-refractivity contribution in [3.05, 3.63) is 27.0 Å². The second-order valence-corrected chi connectivity index (χ2v) is 4.94. The number of H-pyrrole nitrogens is 1. The van der Waals surface area contributed by atoms with Gasteiger partial charge in [-0.25, -0.2) is 4.79 Å². The van der Waals surface area contributed by atoms with E-state index < -0.39 is 29.7 Å². The minimum atomic E-state index is -0.863. The first-order valence-corrected chi connectivity index (χ1v) is 6.39. The van der Waals surface area contributed by atoms with Crippen LogP contribution < -0.4 is 16.0 Å². The molecule has 0 saturated carbocycles.